The molecule has 0 saturated heterocycles. The summed E-state index contributed by atoms with van der Waals surface area (Å²) in [5, 5.41) is 0.540. The Labute approximate surface area is 201 Å². The van der Waals surface area contributed by atoms with Gasteiger partial charge in [0.15, 0.2) is 0 Å². The van der Waals surface area contributed by atoms with Crippen LogP contribution in [0.5, 0.6) is 0 Å². The van der Waals surface area contributed by atoms with E-state index < -0.39 is 30.0 Å². The minimum Gasteiger partial charge on any atom is -0.744 e. The maximum atomic E-state index is 10.8. The second-order valence-corrected chi connectivity index (χ2v) is 6.21. The molecule has 0 atom stereocenters. The average molecular weight is 363 g/mol. The van der Waals surface area contributed by atoms with Crippen molar-refractivity contribution in [3.8, 4) is 0 Å². The molecule has 0 aliphatic rings. The van der Waals surface area contributed by atoms with Crippen LogP contribution in [-0.4, -0.2) is 25.9 Å². The van der Waals surface area contributed by atoms with Crippen LogP contribution in [0.3, 0.4) is 0 Å². The van der Waals surface area contributed by atoms with Gasteiger partial charge in [-0.2, -0.15) is 0 Å². The van der Waals surface area contributed by atoms with E-state index >= 15 is 0 Å². The van der Waals surface area contributed by atoms with E-state index in [2.05, 4.69) is 6.07 Å². The molecule has 95 valence electrons. The Morgan fingerprint density at radius 3 is 1.95 bits per heavy atom. The molecule has 0 unspecified atom stereocenters. The van der Waals surface area contributed by atoms with Gasteiger partial charge in [-0.3, -0.25) is 0 Å². The third-order valence-corrected chi connectivity index (χ3v) is 3.86. The topological polar surface area (TPSA) is 114 Å². The van der Waals surface area contributed by atoms with Gasteiger partial charge in [-0.25, -0.2) is 16.8 Å². The van der Waals surface area contributed by atoms with Gasteiger partial charge in [-0.1, -0.05) is 12.1 Å². The first-order valence-electron chi connectivity index (χ1n) is 4.56. The fraction of sp³-hybridized carbons (Fsp3) is 0. The molecule has 0 fully saturated rings. The third-order valence-electron chi connectivity index (χ3n) is 2.25. The van der Waals surface area contributed by atoms with Crippen LogP contribution < -0.4 is 103 Å². The third kappa shape index (κ3) is 5.46. The molecule has 0 saturated carbocycles. The summed E-state index contributed by atoms with van der Waals surface area (Å²) in [5.41, 5.74) is 0. The Kier molecular flexibility index (Phi) is 8.78. The summed E-state index contributed by atoms with van der Waals surface area (Å²) in [5.74, 6) is 0. The molecule has 0 amide bonds. The molecule has 1 radical (unpaired) electrons. The van der Waals surface area contributed by atoms with Gasteiger partial charge in [0.1, 0.15) is 20.2 Å². The van der Waals surface area contributed by atoms with Gasteiger partial charge in [0.25, 0.3) is 0 Å². The van der Waals surface area contributed by atoms with Crippen molar-refractivity contribution < 1.29 is 129 Å². The van der Waals surface area contributed by atoms with Crippen molar-refractivity contribution in [1.82, 2.24) is 0 Å². The van der Waals surface area contributed by atoms with Gasteiger partial charge in [-0.15, -0.1) is 0 Å². The van der Waals surface area contributed by atoms with Crippen LogP contribution in [-0.2, 0) is 20.2 Å². The molecule has 20 heavy (non-hydrogen) atoms. The molecular weight excluding hydrogens is 358 g/mol. The maximum absolute atomic E-state index is 10.8. The molecule has 0 N–H and O–H groups in total. The van der Waals surface area contributed by atoms with Crippen molar-refractivity contribution in [2.24, 2.45) is 0 Å². The molecule has 0 aromatic heterocycles. The standard InChI is InChI=1S/C10H7O6S2.2K/c11-17(12,13)9-3-1-7-5-10(18(14,15)16)4-2-8(7)6-9;;/h1-5H,(H,11,12,13)(H,14,15,16);;/q;2*+1/p-2. The maximum Gasteiger partial charge on any atom is 1.00 e. The van der Waals surface area contributed by atoms with E-state index in [4.69, 9.17) is 0 Å². The zero-order valence-electron chi connectivity index (χ0n) is 10.7. The Morgan fingerprint density at radius 2 is 1.45 bits per heavy atom. The Balaban J connectivity index is 0.00000180. The molecule has 6 nitrogen and oxygen atoms in total. The van der Waals surface area contributed by atoms with Gasteiger partial charge >= 0.3 is 103 Å². The monoisotopic (exact) mass is 363 g/mol. The molecule has 0 spiro atoms. The van der Waals surface area contributed by atoms with E-state index in [9.17, 15) is 25.9 Å². The van der Waals surface area contributed by atoms with Crippen molar-refractivity contribution in [3.05, 3.63) is 36.4 Å². The fourth-order valence-corrected chi connectivity index (χ4v) is 2.41. The van der Waals surface area contributed by atoms with E-state index in [0.717, 1.165) is 18.2 Å². The molecule has 0 bridgehead atoms. The quantitative estimate of drug-likeness (QED) is 0.388. The first-order chi connectivity index (χ1) is 8.18. The smallest absolute Gasteiger partial charge is 0.744 e. The first-order valence-corrected chi connectivity index (χ1v) is 7.37. The molecule has 10 heteroatoms. The Morgan fingerprint density at radius 1 is 0.850 bits per heavy atom. The number of fused-ring (bicyclic) bond motifs is 1. The average Bonchev–Trinajstić information content (AvgIpc) is 2.25. The SMILES string of the molecule is O=S(=O)([O-])c1[c]c2ccc(S(=O)(=O)[O-])cc2cc1.[K+].[K+]. The second kappa shape index (κ2) is 8.06. The summed E-state index contributed by atoms with van der Waals surface area (Å²) in [4.78, 5) is -0.964. The van der Waals surface area contributed by atoms with Crippen LogP contribution in [0, 0.1) is 6.07 Å². The Hall–Kier alpha value is 1.79. The van der Waals surface area contributed by atoms with E-state index in [1.807, 2.05) is 0 Å². The van der Waals surface area contributed by atoms with Crippen LogP contribution in [0.4, 0.5) is 0 Å². The minimum atomic E-state index is -4.62. The molecule has 0 aliphatic heterocycles. The first kappa shape index (κ1) is 21.8. The van der Waals surface area contributed by atoms with Crippen molar-refractivity contribution in [2.75, 3.05) is 0 Å². The molecule has 0 aliphatic carbocycles. The molecule has 2 aromatic carbocycles. The summed E-state index contributed by atoms with van der Waals surface area (Å²) < 4.78 is 64.7. The van der Waals surface area contributed by atoms with Crippen LogP contribution in [0.25, 0.3) is 10.8 Å². The number of benzene rings is 2. The normalized spacial score (nSPS) is 11.5. The van der Waals surface area contributed by atoms with Gasteiger partial charge in [0.05, 0.1) is 9.79 Å². The van der Waals surface area contributed by atoms with E-state index in [-0.39, 0.29) is 108 Å². The molecule has 2 aromatic rings. The summed E-state index contributed by atoms with van der Waals surface area (Å²) >= 11 is 0. The van der Waals surface area contributed by atoms with Crippen LogP contribution in [0.15, 0.2) is 40.1 Å². The van der Waals surface area contributed by atoms with Gasteiger partial charge in [0, 0.05) is 6.07 Å². The van der Waals surface area contributed by atoms with Gasteiger partial charge < -0.3 is 9.11 Å². The summed E-state index contributed by atoms with van der Waals surface area (Å²) in [7, 11) is -9.20. The van der Waals surface area contributed by atoms with E-state index in [0.29, 0.717) is 5.39 Å². The number of hydrogen-bond donors (Lipinski definition) is 0. The predicted octanol–water partition coefficient (Wildman–Crippen LogP) is -5.54. The van der Waals surface area contributed by atoms with Crippen LogP contribution in [0.1, 0.15) is 0 Å². The molecule has 2 rings (SSSR count). The largest absolute Gasteiger partial charge is 1.00 e. The zero-order chi connectivity index (χ0) is 13.6. The van der Waals surface area contributed by atoms with Crippen molar-refractivity contribution in [1.29, 1.82) is 0 Å². The Bertz CT molecular complexity index is 759. The van der Waals surface area contributed by atoms with Crippen molar-refractivity contribution >= 4 is 31.0 Å². The van der Waals surface area contributed by atoms with E-state index in [1.165, 1.54) is 12.1 Å². The predicted molar refractivity (Wildman–Crippen MR) is 58.7 cm³/mol. The summed E-state index contributed by atoms with van der Waals surface area (Å²) in [6.45, 7) is 0. The van der Waals surface area contributed by atoms with Crippen molar-refractivity contribution in [2.45, 2.75) is 9.79 Å². The van der Waals surface area contributed by atoms with Gasteiger partial charge in [0.2, 0.25) is 0 Å². The fourth-order valence-electron chi connectivity index (χ4n) is 1.43. The summed E-state index contributed by atoms with van der Waals surface area (Å²) in [6.07, 6.45) is 0. The summed E-state index contributed by atoms with van der Waals surface area (Å²) in [6, 6.07) is 7.94. The number of hydrogen-bond acceptors (Lipinski definition) is 6. The zero-order valence-corrected chi connectivity index (χ0v) is 18.5. The van der Waals surface area contributed by atoms with Gasteiger partial charge in [-0.05, 0) is 29.0 Å². The molecular formula is C10H5K2O6S2. The van der Waals surface area contributed by atoms with Crippen LogP contribution >= 0.6 is 0 Å². The minimum absolute atomic E-state index is 0. The second-order valence-electron chi connectivity index (χ2n) is 3.48. The molecule has 0 heterocycles. The van der Waals surface area contributed by atoms with Crippen LogP contribution in [0.2, 0.25) is 0 Å². The number of rotatable bonds is 2. The van der Waals surface area contributed by atoms with Crippen molar-refractivity contribution in [3.63, 3.8) is 0 Å². The van der Waals surface area contributed by atoms with E-state index in [1.54, 1.807) is 0 Å².